The molecule has 0 bridgehead atoms. The number of hydrogen-bond donors (Lipinski definition) is 1. The molecule has 1 amide bonds. The quantitative estimate of drug-likeness (QED) is 0.929. The van der Waals surface area contributed by atoms with Crippen LogP contribution in [-0.4, -0.2) is 11.1 Å². The normalized spacial score (nSPS) is 12.2. The number of carbonyl (C=O) groups is 1. The second kappa shape index (κ2) is 5.17. The zero-order valence-corrected chi connectivity index (χ0v) is 10.4. The maximum atomic E-state index is 13.1. The first-order valence-corrected chi connectivity index (χ1v) is 5.66. The van der Waals surface area contributed by atoms with Gasteiger partial charge >= 0.3 is 0 Å². The molecule has 0 saturated heterocycles. The second-order valence-electron chi connectivity index (χ2n) is 4.19. The lowest BCUT2D eigenvalue weighted by Crippen LogP contribution is -2.27. The molecule has 100 valence electrons. The fourth-order valence-corrected chi connectivity index (χ4v) is 1.61. The van der Waals surface area contributed by atoms with Gasteiger partial charge in [0.05, 0.1) is 6.04 Å². The lowest BCUT2D eigenvalue weighted by molar-refractivity contribution is 0.0930. The van der Waals surface area contributed by atoms with Gasteiger partial charge in [0.25, 0.3) is 5.91 Å². The van der Waals surface area contributed by atoms with Crippen molar-refractivity contribution in [3.63, 3.8) is 0 Å². The van der Waals surface area contributed by atoms with Crippen LogP contribution in [0, 0.1) is 18.6 Å². The summed E-state index contributed by atoms with van der Waals surface area (Å²) in [6.07, 6.45) is 0. The molecule has 19 heavy (non-hydrogen) atoms. The Morgan fingerprint density at radius 3 is 2.63 bits per heavy atom. The summed E-state index contributed by atoms with van der Waals surface area (Å²) in [5.41, 5.74) is 0.611. The summed E-state index contributed by atoms with van der Waals surface area (Å²) in [5.74, 6) is -1.79. The molecular weight excluding hydrogens is 254 g/mol. The number of nitrogens with one attached hydrogen (secondary N) is 1. The highest BCUT2D eigenvalue weighted by Crippen LogP contribution is 2.16. The van der Waals surface area contributed by atoms with Crippen LogP contribution in [0.15, 0.2) is 28.8 Å². The van der Waals surface area contributed by atoms with Crippen molar-refractivity contribution in [1.29, 1.82) is 0 Å². The molecule has 0 radical (unpaired) electrons. The van der Waals surface area contributed by atoms with E-state index in [4.69, 9.17) is 4.52 Å². The van der Waals surface area contributed by atoms with Crippen LogP contribution in [0.4, 0.5) is 8.78 Å². The van der Waals surface area contributed by atoms with Crippen LogP contribution in [0.25, 0.3) is 0 Å². The van der Waals surface area contributed by atoms with E-state index < -0.39 is 23.6 Å². The Balaban J connectivity index is 2.10. The minimum Gasteiger partial charge on any atom is -0.361 e. The van der Waals surface area contributed by atoms with Gasteiger partial charge in [-0.3, -0.25) is 4.79 Å². The van der Waals surface area contributed by atoms with E-state index in [0.717, 1.165) is 12.1 Å². The lowest BCUT2D eigenvalue weighted by Gasteiger charge is -2.13. The number of amides is 1. The van der Waals surface area contributed by atoms with Crippen molar-refractivity contribution in [1.82, 2.24) is 10.5 Å². The van der Waals surface area contributed by atoms with Crippen molar-refractivity contribution >= 4 is 5.91 Å². The van der Waals surface area contributed by atoms with E-state index in [0.29, 0.717) is 11.3 Å². The molecular formula is C13H12F2N2O2. The van der Waals surface area contributed by atoms with E-state index in [1.807, 2.05) is 0 Å². The van der Waals surface area contributed by atoms with E-state index >= 15 is 0 Å². The summed E-state index contributed by atoms with van der Waals surface area (Å²) >= 11 is 0. The number of nitrogens with zero attached hydrogens (tertiary/aromatic N) is 1. The molecule has 1 unspecified atom stereocenters. The average Bonchev–Trinajstić information content (AvgIpc) is 2.79. The van der Waals surface area contributed by atoms with Crippen LogP contribution < -0.4 is 5.32 Å². The molecule has 6 heteroatoms. The zero-order chi connectivity index (χ0) is 14.0. The van der Waals surface area contributed by atoms with Gasteiger partial charge in [0.2, 0.25) is 0 Å². The van der Waals surface area contributed by atoms with Crippen molar-refractivity contribution in [3.8, 4) is 0 Å². The summed E-state index contributed by atoms with van der Waals surface area (Å²) in [6.45, 7) is 3.33. The predicted molar refractivity (Wildman–Crippen MR) is 63.5 cm³/mol. The van der Waals surface area contributed by atoms with Gasteiger partial charge in [-0.25, -0.2) is 8.78 Å². The van der Waals surface area contributed by atoms with Gasteiger partial charge in [-0.1, -0.05) is 11.2 Å². The topological polar surface area (TPSA) is 55.1 Å². The van der Waals surface area contributed by atoms with Gasteiger partial charge < -0.3 is 9.84 Å². The van der Waals surface area contributed by atoms with E-state index in [2.05, 4.69) is 10.5 Å². The van der Waals surface area contributed by atoms with Crippen LogP contribution in [-0.2, 0) is 0 Å². The van der Waals surface area contributed by atoms with Gasteiger partial charge in [0.1, 0.15) is 5.76 Å². The first-order chi connectivity index (χ1) is 8.97. The zero-order valence-electron chi connectivity index (χ0n) is 10.4. The molecule has 0 saturated carbocycles. The highest BCUT2D eigenvalue weighted by molar-refractivity contribution is 5.92. The molecule has 2 rings (SSSR count). The Kier molecular flexibility index (Phi) is 3.59. The first-order valence-electron chi connectivity index (χ1n) is 5.66. The summed E-state index contributed by atoms with van der Waals surface area (Å²) in [7, 11) is 0. The number of halogens is 2. The van der Waals surface area contributed by atoms with Crippen molar-refractivity contribution in [3.05, 3.63) is 52.9 Å². The van der Waals surface area contributed by atoms with Crippen LogP contribution in [0.1, 0.15) is 34.8 Å². The standard InChI is InChI=1S/C13H12F2N2O2/c1-7-5-12(17-19-7)13(18)16-8(2)9-3-4-10(14)11(15)6-9/h3-6,8H,1-2H3,(H,16,18). The highest BCUT2D eigenvalue weighted by atomic mass is 19.2. The lowest BCUT2D eigenvalue weighted by atomic mass is 10.1. The Bertz CT molecular complexity index is 610. The summed E-state index contributed by atoms with van der Waals surface area (Å²) in [4.78, 5) is 11.8. The van der Waals surface area contributed by atoms with Crippen LogP contribution in [0.3, 0.4) is 0 Å². The summed E-state index contributed by atoms with van der Waals surface area (Å²) in [5, 5.41) is 6.19. The van der Waals surface area contributed by atoms with E-state index in [1.54, 1.807) is 13.8 Å². The third-order valence-electron chi connectivity index (χ3n) is 2.65. The maximum absolute atomic E-state index is 13.1. The van der Waals surface area contributed by atoms with Crippen molar-refractivity contribution in [2.75, 3.05) is 0 Å². The van der Waals surface area contributed by atoms with Crippen LogP contribution in [0.5, 0.6) is 0 Å². The molecule has 1 heterocycles. The Hall–Kier alpha value is -2.24. The molecule has 0 aliphatic heterocycles. The molecule has 2 aromatic rings. The average molecular weight is 266 g/mol. The van der Waals surface area contributed by atoms with E-state index in [-0.39, 0.29) is 5.69 Å². The van der Waals surface area contributed by atoms with Crippen LogP contribution >= 0.6 is 0 Å². The second-order valence-corrected chi connectivity index (χ2v) is 4.19. The van der Waals surface area contributed by atoms with E-state index in [1.165, 1.54) is 12.1 Å². The molecule has 1 atom stereocenters. The summed E-state index contributed by atoms with van der Waals surface area (Å²) in [6, 6.07) is 4.51. The Morgan fingerprint density at radius 2 is 2.05 bits per heavy atom. The predicted octanol–water partition coefficient (Wildman–Crippen LogP) is 2.75. The smallest absolute Gasteiger partial charge is 0.273 e. The number of aryl methyl sites for hydroxylation is 1. The maximum Gasteiger partial charge on any atom is 0.273 e. The van der Waals surface area contributed by atoms with Gasteiger partial charge in [0, 0.05) is 6.07 Å². The fraction of sp³-hybridized carbons (Fsp3) is 0.231. The molecule has 1 aromatic carbocycles. The number of hydrogen-bond acceptors (Lipinski definition) is 3. The monoisotopic (exact) mass is 266 g/mol. The minimum absolute atomic E-state index is 0.145. The number of rotatable bonds is 3. The minimum atomic E-state index is -0.948. The number of aromatic nitrogens is 1. The molecule has 4 nitrogen and oxygen atoms in total. The highest BCUT2D eigenvalue weighted by Gasteiger charge is 2.15. The fourth-order valence-electron chi connectivity index (χ4n) is 1.61. The Morgan fingerprint density at radius 1 is 1.32 bits per heavy atom. The van der Waals surface area contributed by atoms with Gasteiger partial charge in [-0.05, 0) is 31.5 Å². The van der Waals surface area contributed by atoms with Gasteiger partial charge in [0.15, 0.2) is 17.3 Å². The van der Waals surface area contributed by atoms with Crippen LogP contribution in [0.2, 0.25) is 0 Å². The third kappa shape index (κ3) is 2.96. The number of carbonyl (C=O) groups excluding carboxylic acids is 1. The van der Waals surface area contributed by atoms with E-state index in [9.17, 15) is 13.6 Å². The summed E-state index contributed by atoms with van der Waals surface area (Å²) < 4.78 is 30.7. The SMILES string of the molecule is Cc1cc(C(=O)NC(C)c2ccc(F)c(F)c2)no1. The molecule has 0 aliphatic carbocycles. The van der Waals surface area contributed by atoms with Crippen molar-refractivity contribution < 1.29 is 18.1 Å². The molecule has 0 spiro atoms. The molecule has 1 N–H and O–H groups in total. The molecule has 1 aromatic heterocycles. The van der Waals surface area contributed by atoms with Gasteiger partial charge in [-0.2, -0.15) is 0 Å². The third-order valence-corrected chi connectivity index (χ3v) is 2.65. The molecule has 0 aliphatic rings. The number of benzene rings is 1. The Labute approximate surface area is 108 Å². The van der Waals surface area contributed by atoms with Crippen molar-refractivity contribution in [2.45, 2.75) is 19.9 Å². The van der Waals surface area contributed by atoms with Crippen molar-refractivity contribution in [2.24, 2.45) is 0 Å². The van der Waals surface area contributed by atoms with Gasteiger partial charge in [-0.15, -0.1) is 0 Å². The first kappa shape index (κ1) is 13.2. The molecule has 0 fully saturated rings. The largest absolute Gasteiger partial charge is 0.361 e.